The van der Waals surface area contributed by atoms with Crippen LogP contribution in [-0.2, 0) is 20.7 Å². The molecule has 0 aromatic heterocycles. The van der Waals surface area contributed by atoms with Crippen molar-refractivity contribution in [3.05, 3.63) is 29.8 Å². The van der Waals surface area contributed by atoms with E-state index in [9.17, 15) is 9.59 Å². The van der Waals surface area contributed by atoms with E-state index < -0.39 is 0 Å². The molecule has 1 aromatic rings. The van der Waals surface area contributed by atoms with Crippen LogP contribution in [0.1, 0.15) is 5.56 Å². The molecule has 1 rings (SSSR count). The second-order valence-electron chi connectivity index (χ2n) is 3.35. The molecule has 0 unspecified atom stereocenters. The second-order valence-corrected chi connectivity index (χ2v) is 3.35. The number of ether oxygens (including phenoxy) is 2. The lowest BCUT2D eigenvalue weighted by atomic mass is 10.1. The zero-order valence-electron chi connectivity index (χ0n) is 9.64. The molecule has 0 aliphatic carbocycles. The zero-order chi connectivity index (χ0) is 12.5. The fourth-order valence-corrected chi connectivity index (χ4v) is 1.25. The number of carbonyl (C=O) groups excluding carboxylic acids is 2. The van der Waals surface area contributed by atoms with Crippen LogP contribution in [0.3, 0.4) is 0 Å². The highest BCUT2D eigenvalue weighted by molar-refractivity contribution is 5.87. The Kier molecular flexibility index (Phi) is 5.74. The Morgan fingerprint density at radius 3 is 2.59 bits per heavy atom. The van der Waals surface area contributed by atoms with Gasteiger partial charge in [0.2, 0.25) is 12.3 Å². The molecule has 1 N–H and O–H groups in total. The van der Waals surface area contributed by atoms with Gasteiger partial charge in [0.1, 0.15) is 12.4 Å². The number of carbonyl (C=O) groups is 2. The van der Waals surface area contributed by atoms with Crippen LogP contribution < -0.4 is 10.1 Å². The summed E-state index contributed by atoms with van der Waals surface area (Å²) < 4.78 is 10.2. The highest BCUT2D eigenvalue weighted by atomic mass is 16.5. The summed E-state index contributed by atoms with van der Waals surface area (Å²) in [6.07, 6.45) is 0.557. The fourth-order valence-electron chi connectivity index (χ4n) is 1.25. The van der Waals surface area contributed by atoms with Crippen molar-refractivity contribution in [3.8, 4) is 5.75 Å². The summed E-state index contributed by atoms with van der Waals surface area (Å²) in [5.41, 5.74) is 0.823. The van der Waals surface area contributed by atoms with Gasteiger partial charge >= 0.3 is 0 Å². The van der Waals surface area contributed by atoms with Gasteiger partial charge in [0.15, 0.2) is 0 Å². The minimum Gasteiger partial charge on any atom is -0.491 e. The molecule has 5 heteroatoms. The SMILES string of the molecule is COCCOc1ccc(CC(=O)NC=O)cc1. The number of rotatable bonds is 7. The van der Waals surface area contributed by atoms with Gasteiger partial charge in [-0.15, -0.1) is 0 Å². The van der Waals surface area contributed by atoms with Crippen LogP contribution in [0.25, 0.3) is 0 Å². The van der Waals surface area contributed by atoms with Gasteiger partial charge in [-0.1, -0.05) is 12.1 Å². The van der Waals surface area contributed by atoms with Gasteiger partial charge < -0.3 is 9.47 Å². The van der Waals surface area contributed by atoms with Crippen molar-refractivity contribution < 1.29 is 19.1 Å². The molecule has 1 aromatic carbocycles. The van der Waals surface area contributed by atoms with E-state index in [0.717, 1.165) is 11.3 Å². The molecule has 0 radical (unpaired) electrons. The lowest BCUT2D eigenvalue weighted by Crippen LogP contribution is -2.23. The van der Waals surface area contributed by atoms with E-state index in [1.165, 1.54) is 0 Å². The van der Waals surface area contributed by atoms with Crippen molar-refractivity contribution in [2.75, 3.05) is 20.3 Å². The first-order valence-electron chi connectivity index (χ1n) is 5.20. The van der Waals surface area contributed by atoms with E-state index >= 15 is 0 Å². The molecule has 0 bridgehead atoms. The van der Waals surface area contributed by atoms with E-state index in [1.807, 2.05) is 0 Å². The minimum absolute atomic E-state index is 0.178. The van der Waals surface area contributed by atoms with E-state index in [0.29, 0.717) is 19.6 Å². The normalized spacial score (nSPS) is 9.71. The van der Waals surface area contributed by atoms with Crippen molar-refractivity contribution in [2.45, 2.75) is 6.42 Å². The quantitative estimate of drug-likeness (QED) is 0.555. The summed E-state index contributed by atoms with van der Waals surface area (Å²) in [6, 6.07) is 7.12. The molecule has 0 saturated carbocycles. The average Bonchev–Trinajstić information content (AvgIpc) is 2.32. The summed E-state index contributed by atoms with van der Waals surface area (Å²) in [5, 5.41) is 2.08. The maximum atomic E-state index is 11.1. The molecule has 0 atom stereocenters. The van der Waals surface area contributed by atoms with Crippen LogP contribution in [0, 0.1) is 0 Å². The molecule has 0 saturated heterocycles. The standard InChI is InChI=1S/C12H15NO4/c1-16-6-7-17-11-4-2-10(3-5-11)8-12(15)13-9-14/h2-5,9H,6-8H2,1H3,(H,13,14,15). The zero-order valence-corrected chi connectivity index (χ0v) is 9.64. The highest BCUT2D eigenvalue weighted by Crippen LogP contribution is 2.12. The van der Waals surface area contributed by atoms with Crippen molar-refractivity contribution >= 4 is 12.3 Å². The van der Waals surface area contributed by atoms with E-state index in [-0.39, 0.29) is 12.3 Å². The van der Waals surface area contributed by atoms with Gasteiger partial charge in [-0.2, -0.15) is 0 Å². The molecule has 0 heterocycles. The van der Waals surface area contributed by atoms with Crippen LogP contribution in [0.4, 0.5) is 0 Å². The largest absolute Gasteiger partial charge is 0.491 e. The maximum absolute atomic E-state index is 11.1. The van der Waals surface area contributed by atoms with Crippen molar-refractivity contribution in [3.63, 3.8) is 0 Å². The average molecular weight is 237 g/mol. The van der Waals surface area contributed by atoms with Crippen LogP contribution >= 0.6 is 0 Å². The molecule has 5 nitrogen and oxygen atoms in total. The first-order valence-corrected chi connectivity index (χ1v) is 5.20. The Morgan fingerprint density at radius 1 is 1.29 bits per heavy atom. The topological polar surface area (TPSA) is 64.6 Å². The lowest BCUT2D eigenvalue weighted by Gasteiger charge is -2.06. The molecular formula is C12H15NO4. The predicted molar refractivity (Wildman–Crippen MR) is 61.7 cm³/mol. The van der Waals surface area contributed by atoms with Crippen molar-refractivity contribution in [1.29, 1.82) is 0 Å². The Balaban J connectivity index is 2.44. The van der Waals surface area contributed by atoms with Gasteiger partial charge in [-0.25, -0.2) is 0 Å². The third-order valence-corrected chi connectivity index (χ3v) is 2.06. The molecule has 0 aliphatic heterocycles. The first-order chi connectivity index (χ1) is 8.26. The summed E-state index contributed by atoms with van der Waals surface area (Å²) in [4.78, 5) is 21.2. The molecular weight excluding hydrogens is 222 g/mol. The molecule has 0 aliphatic rings. The lowest BCUT2D eigenvalue weighted by molar-refractivity contribution is -0.124. The predicted octanol–water partition coefficient (Wildman–Crippen LogP) is 0.527. The maximum Gasteiger partial charge on any atom is 0.230 e. The van der Waals surface area contributed by atoms with Gasteiger partial charge in [0, 0.05) is 7.11 Å². The molecule has 0 fully saturated rings. The second kappa shape index (κ2) is 7.40. The Bertz CT molecular complexity index is 361. The number of hydrogen-bond acceptors (Lipinski definition) is 4. The van der Waals surface area contributed by atoms with Crippen LogP contribution in [0.2, 0.25) is 0 Å². The Morgan fingerprint density at radius 2 is 2.00 bits per heavy atom. The van der Waals surface area contributed by atoms with Crippen LogP contribution in [0.15, 0.2) is 24.3 Å². The summed E-state index contributed by atoms with van der Waals surface area (Å²) in [5.74, 6) is 0.398. The number of nitrogens with one attached hydrogen (secondary N) is 1. The van der Waals surface area contributed by atoms with Crippen molar-refractivity contribution in [1.82, 2.24) is 5.32 Å². The minimum atomic E-state index is -0.326. The summed E-state index contributed by atoms with van der Waals surface area (Å²) >= 11 is 0. The third-order valence-electron chi connectivity index (χ3n) is 2.06. The summed E-state index contributed by atoms with van der Waals surface area (Å²) in [7, 11) is 1.61. The monoisotopic (exact) mass is 237 g/mol. The van der Waals surface area contributed by atoms with E-state index in [4.69, 9.17) is 9.47 Å². The van der Waals surface area contributed by atoms with Gasteiger partial charge in [0.05, 0.1) is 13.0 Å². The van der Waals surface area contributed by atoms with E-state index in [2.05, 4.69) is 5.32 Å². The fraction of sp³-hybridized carbons (Fsp3) is 0.333. The van der Waals surface area contributed by atoms with Crippen LogP contribution in [-0.4, -0.2) is 32.6 Å². The molecule has 0 spiro atoms. The smallest absolute Gasteiger partial charge is 0.230 e. The third kappa shape index (κ3) is 5.12. The molecule has 2 amide bonds. The number of amides is 2. The number of benzene rings is 1. The van der Waals surface area contributed by atoms with Gasteiger partial charge in [-0.05, 0) is 17.7 Å². The summed E-state index contributed by atoms with van der Waals surface area (Å²) in [6.45, 7) is 1.02. The number of imide groups is 1. The van der Waals surface area contributed by atoms with Crippen LogP contribution in [0.5, 0.6) is 5.75 Å². The molecule has 92 valence electrons. The van der Waals surface area contributed by atoms with Gasteiger partial charge in [0.25, 0.3) is 0 Å². The Hall–Kier alpha value is -1.88. The van der Waals surface area contributed by atoms with Crippen molar-refractivity contribution in [2.24, 2.45) is 0 Å². The number of methoxy groups -OCH3 is 1. The van der Waals surface area contributed by atoms with E-state index in [1.54, 1.807) is 31.4 Å². The van der Waals surface area contributed by atoms with Gasteiger partial charge in [-0.3, -0.25) is 14.9 Å². The Labute approximate surface area is 99.7 Å². The highest BCUT2D eigenvalue weighted by Gasteiger charge is 2.02. The number of hydrogen-bond donors (Lipinski definition) is 1. The molecule has 17 heavy (non-hydrogen) atoms. The first kappa shape index (κ1) is 13.2.